The van der Waals surface area contributed by atoms with Crippen molar-refractivity contribution in [1.82, 2.24) is 0 Å². The molecule has 0 radical (unpaired) electrons. The Morgan fingerprint density at radius 3 is 1.18 bits per heavy atom. The number of benzene rings is 5. The van der Waals surface area contributed by atoms with Crippen LogP contribution in [0.3, 0.4) is 0 Å². The first-order valence-electron chi connectivity index (χ1n) is 12.0. The molecule has 0 atom stereocenters. The van der Waals surface area contributed by atoms with E-state index in [0.717, 1.165) is 0 Å². The molecule has 44 heavy (non-hydrogen) atoms. The molecular weight excluding hydrogens is 634 g/mol. The third-order valence-electron chi connectivity index (χ3n) is 6.02. The Labute approximate surface area is 296 Å². The second-order valence-electron chi connectivity index (χ2n) is 8.78. The molecule has 16 heteroatoms. The van der Waals surface area contributed by atoms with Crippen molar-refractivity contribution in [2.75, 3.05) is 10.6 Å². The number of carbonyl (C=O) groups excluding carboxylic acids is 2. The molecule has 0 fully saturated rings. The van der Waals surface area contributed by atoms with Gasteiger partial charge in [0.15, 0.2) is 11.5 Å². The van der Waals surface area contributed by atoms with E-state index in [1.54, 1.807) is 36.4 Å². The van der Waals surface area contributed by atoms with E-state index in [9.17, 15) is 35.5 Å². The molecule has 0 aliphatic carbocycles. The van der Waals surface area contributed by atoms with Gasteiger partial charge in [-0.3, -0.25) is 18.7 Å². The van der Waals surface area contributed by atoms with Gasteiger partial charge >= 0.3 is 79.9 Å². The Balaban J connectivity index is 0.00000264. The van der Waals surface area contributed by atoms with Gasteiger partial charge in [0, 0.05) is 21.9 Å². The smallest absolute Gasteiger partial charge is 0.360 e. The number of rotatable bonds is 8. The first-order chi connectivity index (χ1) is 19.9. The number of anilines is 2. The summed E-state index contributed by atoms with van der Waals surface area (Å²) < 4.78 is 77.4. The van der Waals surface area contributed by atoms with Crippen molar-refractivity contribution in [1.29, 1.82) is 0 Å². The Bertz CT molecular complexity index is 1930. The summed E-state index contributed by atoms with van der Waals surface area (Å²) in [6.07, 6.45) is 0. The van der Waals surface area contributed by atoms with E-state index in [0.29, 0.717) is 0 Å². The number of nitrogens with one attached hydrogen (secondary N) is 2. The van der Waals surface area contributed by atoms with Gasteiger partial charge < -0.3 is 19.0 Å². The predicted octanol–water partition coefficient (Wildman–Crippen LogP) is -1.13. The monoisotopic (exact) mass is 654 g/mol. The normalized spacial score (nSPS) is 11.1. The summed E-state index contributed by atoms with van der Waals surface area (Å²) in [5.41, 5.74) is 0.377. The molecule has 0 heterocycles. The van der Waals surface area contributed by atoms with E-state index in [4.69, 9.17) is 8.37 Å². The van der Waals surface area contributed by atoms with Crippen LogP contribution in [0.2, 0.25) is 0 Å². The summed E-state index contributed by atoms with van der Waals surface area (Å²) >= 11 is 0. The predicted molar refractivity (Wildman–Crippen MR) is 155 cm³/mol. The molecule has 5 rings (SSSR count). The molecule has 0 unspecified atom stereocenters. The quantitative estimate of drug-likeness (QED) is 0.0907. The zero-order valence-corrected chi connectivity index (χ0v) is 28.8. The zero-order valence-electron chi connectivity index (χ0n) is 23.2. The van der Waals surface area contributed by atoms with Crippen LogP contribution in [0.4, 0.5) is 11.4 Å². The number of hydrogen-bond acceptors (Lipinski definition) is 8. The Kier molecular flexibility index (Phi) is 11.6. The van der Waals surface area contributed by atoms with Crippen LogP contribution >= 0.6 is 0 Å². The maximum absolute atomic E-state index is 13.0. The van der Waals surface area contributed by atoms with Gasteiger partial charge in [0.05, 0.1) is 22.1 Å². The fourth-order valence-electron chi connectivity index (χ4n) is 4.40. The van der Waals surface area contributed by atoms with Crippen molar-refractivity contribution in [3.63, 3.8) is 0 Å². The first-order valence-corrected chi connectivity index (χ1v) is 14.7. The van der Waals surface area contributed by atoms with Gasteiger partial charge in [-0.25, -0.2) is 0 Å². The summed E-state index contributed by atoms with van der Waals surface area (Å²) in [4.78, 5) is 26.0. The Morgan fingerprint density at radius 2 is 0.864 bits per heavy atom. The van der Waals surface area contributed by atoms with Gasteiger partial charge in [0.2, 0.25) is 0 Å². The summed E-state index contributed by atoms with van der Waals surface area (Å²) in [6.45, 7) is 0. The Morgan fingerprint density at radius 1 is 0.523 bits per heavy atom. The molecule has 12 nitrogen and oxygen atoms in total. The summed E-state index contributed by atoms with van der Waals surface area (Å²) in [7, 11) is -10.4. The minimum atomic E-state index is -5.19. The molecule has 0 spiro atoms. The van der Waals surface area contributed by atoms with Crippen molar-refractivity contribution in [3.8, 4) is 11.5 Å². The zero-order chi connectivity index (χ0) is 30.1. The largest absolute Gasteiger partial charge is 1.00 e. The van der Waals surface area contributed by atoms with Crippen molar-refractivity contribution >= 4 is 65.5 Å². The fraction of sp³-hybridized carbons (Fsp3) is 0. The average Bonchev–Trinajstić information content (AvgIpc) is 2.94. The van der Waals surface area contributed by atoms with E-state index in [1.165, 1.54) is 60.7 Å². The third kappa shape index (κ3) is 8.17. The van der Waals surface area contributed by atoms with Crippen molar-refractivity contribution < 1.29 is 103 Å². The molecule has 0 aromatic heterocycles. The Hall–Kier alpha value is -3.02. The SMILES string of the molecule is O=C(Nc1cccc2c(OS(=O)(=O)O)c3c(NC(=O)c4ccccc4)cccc3c(OS(=O)(=O)O)c12)c1ccccc1.[Na+].[Na+]. The number of hydrogen-bond donors (Lipinski definition) is 4. The van der Waals surface area contributed by atoms with Crippen LogP contribution in [-0.4, -0.2) is 37.8 Å². The third-order valence-corrected chi connectivity index (χ3v) is 6.77. The second-order valence-corrected chi connectivity index (χ2v) is 10.8. The van der Waals surface area contributed by atoms with Crippen LogP contribution in [-0.2, 0) is 20.8 Å². The van der Waals surface area contributed by atoms with Crippen LogP contribution in [0, 0.1) is 0 Å². The number of fused-ring (bicyclic) bond motifs is 2. The topological polar surface area (TPSA) is 185 Å². The summed E-state index contributed by atoms with van der Waals surface area (Å²) in [5, 5.41) is 4.52. The van der Waals surface area contributed by atoms with Crippen LogP contribution in [0.15, 0.2) is 97.1 Å². The second kappa shape index (κ2) is 14.4. The first kappa shape index (κ1) is 35.5. The van der Waals surface area contributed by atoms with Crippen molar-refractivity contribution in [2.24, 2.45) is 0 Å². The fourth-order valence-corrected chi connectivity index (χ4v) is 5.17. The van der Waals surface area contributed by atoms with Gasteiger partial charge in [-0.1, -0.05) is 60.7 Å². The molecule has 0 aliphatic rings. The molecule has 4 N–H and O–H groups in total. The molecule has 5 aromatic rings. The molecule has 2 amide bonds. The van der Waals surface area contributed by atoms with E-state index in [1.807, 2.05) is 0 Å². The van der Waals surface area contributed by atoms with E-state index >= 15 is 0 Å². The van der Waals surface area contributed by atoms with E-state index in [2.05, 4.69) is 10.6 Å². The van der Waals surface area contributed by atoms with Gasteiger partial charge in [0.1, 0.15) is 0 Å². The molecule has 0 saturated carbocycles. The van der Waals surface area contributed by atoms with Crippen LogP contribution in [0.25, 0.3) is 21.5 Å². The van der Waals surface area contributed by atoms with Gasteiger partial charge in [0.25, 0.3) is 11.8 Å². The molecular formula is C28H20N2Na2O10S2+2. The van der Waals surface area contributed by atoms with Crippen molar-refractivity contribution in [3.05, 3.63) is 108 Å². The summed E-state index contributed by atoms with van der Waals surface area (Å²) in [5.74, 6) is -2.26. The van der Waals surface area contributed by atoms with E-state index < -0.39 is 44.1 Å². The maximum Gasteiger partial charge on any atom is 1.00 e. The van der Waals surface area contributed by atoms with Gasteiger partial charge in [-0.2, -0.15) is 16.8 Å². The maximum atomic E-state index is 13.0. The average molecular weight is 655 g/mol. The minimum absolute atomic E-state index is 0. The van der Waals surface area contributed by atoms with E-state index in [-0.39, 0.29) is 103 Å². The molecule has 0 aliphatic heterocycles. The standard InChI is InChI=1S/C28H20N2O10S2.2Na/c31-27(17-9-3-1-4-10-17)29-21-15-7-13-19-23(21)25(39-41(33,34)35)20-14-8-16-22(24(20)26(19)40-42(36,37)38)30-28(32)18-11-5-2-6-12-18;;/h1-16H,(H,29,31)(H,30,32)(H,33,34,35)(H,36,37,38);;/q;2*+1. The van der Waals surface area contributed by atoms with Gasteiger partial charge in [-0.15, -0.1) is 0 Å². The molecule has 0 saturated heterocycles. The van der Waals surface area contributed by atoms with Gasteiger partial charge in [-0.05, 0) is 36.4 Å². The van der Waals surface area contributed by atoms with Crippen LogP contribution in [0.1, 0.15) is 20.7 Å². The van der Waals surface area contributed by atoms with Crippen LogP contribution in [0.5, 0.6) is 11.5 Å². The molecule has 5 aromatic carbocycles. The molecule has 0 bridgehead atoms. The van der Waals surface area contributed by atoms with Crippen LogP contribution < -0.4 is 78.1 Å². The minimum Gasteiger partial charge on any atom is -0.360 e. The molecule has 214 valence electrons. The number of amides is 2. The summed E-state index contributed by atoms with van der Waals surface area (Å²) in [6, 6.07) is 24.2. The number of carbonyl (C=O) groups is 2. The van der Waals surface area contributed by atoms with Crippen molar-refractivity contribution in [2.45, 2.75) is 0 Å².